The van der Waals surface area contributed by atoms with Gasteiger partial charge in [0.05, 0.1) is 30.0 Å². The molecule has 1 aliphatic rings. The molecule has 0 amide bonds. The largest absolute Gasteiger partial charge is 0.504 e. The fraction of sp³-hybridized carbons (Fsp3) is 0.444. The second-order valence-electron chi connectivity index (χ2n) is 7.01. The highest BCUT2D eigenvalue weighted by atomic mass is 35.5. The second-order valence-corrected chi connectivity index (χ2v) is 9.29. The number of aliphatic hydroxyl groups is 1. The van der Waals surface area contributed by atoms with Crippen LogP contribution in [0.15, 0.2) is 26.6 Å². The zero-order valence-electron chi connectivity index (χ0n) is 16.3. The van der Waals surface area contributed by atoms with Crippen LogP contribution in [-0.2, 0) is 14.9 Å². The number of hydrogen-bond donors (Lipinski definition) is 4. The van der Waals surface area contributed by atoms with E-state index in [1.807, 2.05) is 0 Å². The van der Waals surface area contributed by atoms with Crippen molar-refractivity contribution in [2.75, 3.05) is 24.8 Å². The number of sulfonamides is 1. The molecule has 0 aliphatic heterocycles. The van der Waals surface area contributed by atoms with Gasteiger partial charge in [-0.3, -0.25) is 14.4 Å². The number of hydrogen-bond acceptors (Lipinski definition) is 9. The molecule has 10 nitrogen and oxygen atoms in total. The summed E-state index contributed by atoms with van der Waals surface area (Å²) in [4.78, 5) is 28.2. The fourth-order valence-electron chi connectivity index (χ4n) is 3.37. The van der Waals surface area contributed by atoms with Crippen LogP contribution in [0.1, 0.15) is 25.7 Å². The Morgan fingerprint density at radius 3 is 2.43 bits per heavy atom. The van der Waals surface area contributed by atoms with Crippen molar-refractivity contribution >= 4 is 38.7 Å². The lowest BCUT2D eigenvalue weighted by molar-refractivity contribution is -0.0259. The first-order chi connectivity index (χ1) is 14.1. The molecule has 3 rings (SSSR count). The molecule has 0 radical (unpaired) electrons. The third-order valence-corrected chi connectivity index (χ3v) is 7.35. The number of aromatic hydroxyl groups is 1. The Bertz CT molecular complexity index is 1130. The third kappa shape index (κ3) is 3.91. The van der Waals surface area contributed by atoms with Crippen LogP contribution < -0.4 is 21.5 Å². The number of aliphatic hydroxyl groups excluding tert-OH is 1. The molecule has 2 atom stereocenters. The minimum atomic E-state index is -4.29. The highest BCUT2D eigenvalue weighted by molar-refractivity contribution is 7.89. The average Bonchev–Trinajstić information content (AvgIpc) is 2.72. The Kier molecular flexibility index (Phi) is 6.39. The molecular weight excluding hydrogens is 438 g/mol. The van der Waals surface area contributed by atoms with Crippen molar-refractivity contribution in [3.8, 4) is 5.75 Å². The van der Waals surface area contributed by atoms with Gasteiger partial charge in [-0.1, -0.05) is 28.9 Å². The van der Waals surface area contributed by atoms with E-state index in [-0.39, 0.29) is 28.1 Å². The average molecular weight is 460 g/mol. The minimum Gasteiger partial charge on any atom is -0.504 e. The lowest BCUT2D eigenvalue weighted by atomic mass is 9.92. The molecule has 30 heavy (non-hydrogen) atoms. The van der Waals surface area contributed by atoms with Crippen LogP contribution in [0.3, 0.4) is 0 Å². The van der Waals surface area contributed by atoms with Crippen LogP contribution in [0.5, 0.6) is 5.75 Å². The summed E-state index contributed by atoms with van der Waals surface area (Å²) in [6.45, 7) is 0. The predicted molar refractivity (Wildman–Crippen MR) is 112 cm³/mol. The smallest absolute Gasteiger partial charge is 0.269 e. The zero-order chi connectivity index (χ0) is 22.2. The number of rotatable bonds is 7. The number of nitrogens with one attached hydrogen (secondary N) is 2. The second kappa shape index (κ2) is 8.52. The molecule has 164 valence electrons. The summed E-state index contributed by atoms with van der Waals surface area (Å²) in [6, 6.07) is 2.12. The molecule has 2 aromatic carbocycles. The lowest BCUT2D eigenvalue weighted by Crippen LogP contribution is -2.43. The number of hydroxylamine groups is 1. The summed E-state index contributed by atoms with van der Waals surface area (Å²) in [5.41, 5.74) is -1.86. The summed E-state index contributed by atoms with van der Waals surface area (Å²) in [5.74, 6) is -0.733. The molecule has 2 aromatic rings. The van der Waals surface area contributed by atoms with Crippen LogP contribution in [0.2, 0.25) is 5.02 Å². The maximum atomic E-state index is 12.6. The van der Waals surface area contributed by atoms with Gasteiger partial charge >= 0.3 is 0 Å². The van der Waals surface area contributed by atoms with Crippen molar-refractivity contribution in [1.82, 2.24) is 4.47 Å². The SMILES string of the molecule is CON(C)S(=O)(=O)c1c(Cl)ccc(Nc2c(N[C@H]3CCCCC3O)c(=O)c2=O)c1O. The molecule has 1 fully saturated rings. The van der Waals surface area contributed by atoms with Crippen molar-refractivity contribution in [3.05, 3.63) is 37.6 Å². The maximum absolute atomic E-state index is 12.6. The van der Waals surface area contributed by atoms with Crippen molar-refractivity contribution < 1.29 is 23.5 Å². The Balaban J connectivity index is 1.95. The van der Waals surface area contributed by atoms with Crippen LogP contribution in [0.25, 0.3) is 0 Å². The van der Waals surface area contributed by atoms with Gasteiger partial charge in [0.25, 0.3) is 20.9 Å². The molecule has 0 saturated heterocycles. The van der Waals surface area contributed by atoms with Gasteiger partial charge in [-0.2, -0.15) is 0 Å². The molecule has 1 aliphatic carbocycles. The molecule has 0 aromatic heterocycles. The van der Waals surface area contributed by atoms with E-state index in [1.165, 1.54) is 12.1 Å². The van der Waals surface area contributed by atoms with E-state index in [0.29, 0.717) is 17.3 Å². The van der Waals surface area contributed by atoms with Gasteiger partial charge in [0.2, 0.25) is 0 Å². The molecule has 0 bridgehead atoms. The summed E-state index contributed by atoms with van der Waals surface area (Å²) in [7, 11) is -2.04. The van der Waals surface area contributed by atoms with E-state index < -0.39 is 37.6 Å². The summed E-state index contributed by atoms with van der Waals surface area (Å²) in [5, 5.41) is 25.9. The van der Waals surface area contributed by atoms with Crippen LogP contribution >= 0.6 is 11.6 Å². The Morgan fingerprint density at radius 2 is 1.80 bits per heavy atom. The minimum absolute atomic E-state index is 0.0151. The first-order valence-electron chi connectivity index (χ1n) is 9.19. The standard InChI is InChI=1S/C18H22ClN3O7S/c1-22(29-2)30(27,28)18-9(19)7-8-11(15(18)24)21-14-13(16(25)17(14)26)20-10-5-3-4-6-12(10)23/h7-8,10,12,20-21,23-24H,3-6H2,1-2H3/t10-,12?/m0/s1. The number of phenols is 1. The Hall–Kier alpha value is -2.18. The first-order valence-corrected chi connectivity index (χ1v) is 11.0. The number of nitrogens with zero attached hydrogens (tertiary/aromatic N) is 1. The quantitative estimate of drug-likeness (QED) is 0.273. The van der Waals surface area contributed by atoms with Gasteiger partial charge in [0.1, 0.15) is 16.3 Å². The monoisotopic (exact) mass is 459 g/mol. The first kappa shape index (κ1) is 22.5. The zero-order valence-corrected chi connectivity index (χ0v) is 17.9. The Labute approximate surface area is 177 Å². The van der Waals surface area contributed by atoms with Crippen molar-refractivity contribution in [2.24, 2.45) is 0 Å². The van der Waals surface area contributed by atoms with Gasteiger partial charge in [-0.15, -0.1) is 0 Å². The number of phenolic OH excluding ortho intramolecular Hbond substituents is 1. The maximum Gasteiger partial charge on any atom is 0.269 e. The van der Waals surface area contributed by atoms with Gasteiger partial charge in [0.15, 0.2) is 5.75 Å². The molecule has 1 saturated carbocycles. The van der Waals surface area contributed by atoms with Crippen LogP contribution in [-0.4, -0.2) is 49.4 Å². The van der Waals surface area contributed by atoms with E-state index in [0.717, 1.165) is 27.0 Å². The van der Waals surface area contributed by atoms with E-state index in [9.17, 15) is 28.2 Å². The molecule has 0 heterocycles. The van der Waals surface area contributed by atoms with Crippen LogP contribution in [0, 0.1) is 0 Å². The van der Waals surface area contributed by atoms with Gasteiger partial charge in [-0.05, 0) is 25.0 Å². The van der Waals surface area contributed by atoms with Crippen LogP contribution in [0.4, 0.5) is 17.1 Å². The third-order valence-electron chi connectivity index (χ3n) is 5.17. The topological polar surface area (TPSA) is 145 Å². The van der Waals surface area contributed by atoms with Crippen molar-refractivity contribution in [3.63, 3.8) is 0 Å². The van der Waals surface area contributed by atoms with Crippen molar-refractivity contribution in [2.45, 2.75) is 42.7 Å². The van der Waals surface area contributed by atoms with Crippen molar-refractivity contribution in [1.29, 1.82) is 0 Å². The lowest BCUT2D eigenvalue weighted by Gasteiger charge is -2.30. The summed E-state index contributed by atoms with van der Waals surface area (Å²) >= 11 is 5.97. The van der Waals surface area contributed by atoms with E-state index in [4.69, 9.17) is 11.6 Å². The fourth-order valence-corrected chi connectivity index (χ4v) is 4.93. The molecular formula is C18H22ClN3O7S. The van der Waals surface area contributed by atoms with Gasteiger partial charge < -0.3 is 20.8 Å². The normalized spacial score (nSPS) is 19.9. The van der Waals surface area contributed by atoms with E-state index in [2.05, 4.69) is 15.5 Å². The highest BCUT2D eigenvalue weighted by Gasteiger charge is 2.32. The molecule has 12 heteroatoms. The molecule has 4 N–H and O–H groups in total. The molecule has 0 spiro atoms. The van der Waals surface area contributed by atoms with E-state index >= 15 is 0 Å². The van der Waals surface area contributed by atoms with E-state index in [1.54, 1.807) is 0 Å². The van der Waals surface area contributed by atoms with Gasteiger partial charge in [-0.25, -0.2) is 8.42 Å². The number of anilines is 3. The van der Waals surface area contributed by atoms with Gasteiger partial charge in [0, 0.05) is 7.05 Å². The number of benzene rings is 1. The number of halogens is 1. The Morgan fingerprint density at radius 1 is 1.17 bits per heavy atom. The predicted octanol–water partition coefficient (Wildman–Crippen LogP) is 1.28. The summed E-state index contributed by atoms with van der Waals surface area (Å²) < 4.78 is 25.6. The molecule has 1 unspecified atom stereocenters. The summed E-state index contributed by atoms with van der Waals surface area (Å²) in [6.07, 6.45) is 2.32. The highest BCUT2D eigenvalue weighted by Crippen LogP contribution is 2.40.